The van der Waals surface area contributed by atoms with Gasteiger partial charge in [-0.2, -0.15) is 9.97 Å². The van der Waals surface area contributed by atoms with Crippen molar-refractivity contribution in [2.75, 3.05) is 5.32 Å². The lowest BCUT2D eigenvalue weighted by atomic mass is 10.1. The highest BCUT2D eigenvalue weighted by Gasteiger charge is 2.11. The van der Waals surface area contributed by atoms with E-state index < -0.39 is 0 Å². The number of fused-ring (bicyclic) bond motifs is 1. The number of rotatable bonds is 3. The normalized spacial score (nSPS) is 11.0. The van der Waals surface area contributed by atoms with Gasteiger partial charge in [-0.15, -0.1) is 0 Å². The molecule has 0 fully saturated rings. The predicted octanol–water partition coefficient (Wildman–Crippen LogP) is 1.92. The minimum atomic E-state index is -0.113. The summed E-state index contributed by atoms with van der Waals surface area (Å²) in [6.07, 6.45) is 1.52. The molecule has 0 saturated carbocycles. The SMILES string of the molecule is Cc1cc(C)c(CNc2nc(Cl)nc3[nH]cnc23)c(=O)[nH]1. The van der Waals surface area contributed by atoms with Crippen LogP contribution in [0, 0.1) is 13.8 Å². The highest BCUT2D eigenvalue weighted by Crippen LogP contribution is 2.19. The van der Waals surface area contributed by atoms with Gasteiger partial charge in [-0.3, -0.25) is 4.79 Å². The highest BCUT2D eigenvalue weighted by atomic mass is 35.5. The molecule has 108 valence electrons. The zero-order valence-corrected chi connectivity index (χ0v) is 12.2. The average Bonchev–Trinajstić information content (AvgIpc) is 2.85. The number of aromatic amines is 2. The van der Waals surface area contributed by atoms with Crippen molar-refractivity contribution < 1.29 is 0 Å². The molecular formula is C13H13ClN6O. The minimum absolute atomic E-state index is 0.113. The fourth-order valence-electron chi connectivity index (χ4n) is 2.21. The molecule has 3 aromatic rings. The number of hydrogen-bond donors (Lipinski definition) is 3. The second kappa shape index (κ2) is 5.17. The zero-order valence-electron chi connectivity index (χ0n) is 11.5. The molecule has 7 nitrogen and oxygen atoms in total. The van der Waals surface area contributed by atoms with Crippen molar-refractivity contribution in [3.63, 3.8) is 0 Å². The van der Waals surface area contributed by atoms with Crippen molar-refractivity contribution in [1.82, 2.24) is 24.9 Å². The molecule has 0 aliphatic rings. The van der Waals surface area contributed by atoms with Crippen LogP contribution < -0.4 is 10.9 Å². The first-order valence-electron chi connectivity index (χ1n) is 6.34. The summed E-state index contributed by atoms with van der Waals surface area (Å²) in [6.45, 7) is 4.08. The van der Waals surface area contributed by atoms with Crippen molar-refractivity contribution in [1.29, 1.82) is 0 Å². The van der Waals surface area contributed by atoms with Gasteiger partial charge in [0.05, 0.1) is 6.33 Å². The van der Waals surface area contributed by atoms with Crippen LogP contribution in [0.4, 0.5) is 5.82 Å². The van der Waals surface area contributed by atoms with Crippen LogP contribution in [0.5, 0.6) is 0 Å². The van der Waals surface area contributed by atoms with Gasteiger partial charge in [-0.25, -0.2) is 4.98 Å². The number of anilines is 1. The Morgan fingerprint density at radius 1 is 1.33 bits per heavy atom. The molecule has 0 aliphatic carbocycles. The molecule has 0 spiro atoms. The summed E-state index contributed by atoms with van der Waals surface area (Å²) in [7, 11) is 0. The Labute approximate surface area is 124 Å². The largest absolute Gasteiger partial charge is 0.364 e. The third-order valence-corrected chi connectivity index (χ3v) is 3.35. The van der Waals surface area contributed by atoms with E-state index in [1.165, 1.54) is 6.33 Å². The summed E-state index contributed by atoms with van der Waals surface area (Å²) >= 11 is 5.87. The third-order valence-electron chi connectivity index (χ3n) is 3.18. The van der Waals surface area contributed by atoms with E-state index in [9.17, 15) is 4.79 Å². The van der Waals surface area contributed by atoms with Crippen LogP contribution >= 0.6 is 11.6 Å². The Balaban J connectivity index is 1.94. The number of pyridine rings is 1. The van der Waals surface area contributed by atoms with Crippen LogP contribution in [-0.2, 0) is 6.54 Å². The number of aromatic nitrogens is 5. The average molecular weight is 305 g/mol. The van der Waals surface area contributed by atoms with Crippen LogP contribution in [-0.4, -0.2) is 24.9 Å². The quantitative estimate of drug-likeness (QED) is 0.642. The fraction of sp³-hybridized carbons (Fsp3) is 0.231. The summed E-state index contributed by atoms with van der Waals surface area (Å²) in [6, 6.07) is 1.93. The summed E-state index contributed by atoms with van der Waals surface area (Å²) in [5.41, 5.74) is 3.42. The smallest absolute Gasteiger partial charge is 0.253 e. The molecule has 0 amide bonds. The maximum absolute atomic E-state index is 12.0. The molecule has 8 heteroatoms. The number of imidazole rings is 1. The van der Waals surface area contributed by atoms with Gasteiger partial charge in [0, 0.05) is 17.8 Å². The molecule has 0 saturated heterocycles. The molecular weight excluding hydrogens is 292 g/mol. The van der Waals surface area contributed by atoms with Crippen LogP contribution in [0.15, 0.2) is 17.2 Å². The number of nitrogens with zero attached hydrogens (tertiary/aromatic N) is 3. The first kappa shape index (κ1) is 13.6. The molecule has 3 rings (SSSR count). The second-order valence-corrected chi connectivity index (χ2v) is 5.08. The standard InChI is InChI=1S/C13H13ClN6O/c1-6-3-7(2)18-12(21)8(6)4-15-10-9-11(17-5-16-9)20-13(14)19-10/h3,5H,4H2,1-2H3,(H,18,21)(H2,15,16,17,19,20). The van der Waals surface area contributed by atoms with E-state index in [-0.39, 0.29) is 10.8 Å². The first-order valence-corrected chi connectivity index (χ1v) is 6.72. The Kier molecular flexibility index (Phi) is 3.34. The van der Waals surface area contributed by atoms with Crippen molar-refractivity contribution in [3.8, 4) is 0 Å². The van der Waals surface area contributed by atoms with Crippen molar-refractivity contribution in [3.05, 3.63) is 44.9 Å². The molecule has 0 aliphatic heterocycles. The minimum Gasteiger partial charge on any atom is -0.364 e. The van der Waals surface area contributed by atoms with Gasteiger partial charge >= 0.3 is 0 Å². The van der Waals surface area contributed by atoms with Gasteiger partial charge in [-0.1, -0.05) is 0 Å². The number of H-pyrrole nitrogens is 2. The lowest BCUT2D eigenvalue weighted by molar-refractivity contribution is 1.00. The molecule has 0 unspecified atom stereocenters. The second-order valence-electron chi connectivity index (χ2n) is 4.74. The Bertz CT molecular complexity index is 869. The van der Waals surface area contributed by atoms with E-state index in [0.29, 0.717) is 29.1 Å². The van der Waals surface area contributed by atoms with E-state index in [1.807, 2.05) is 19.9 Å². The van der Waals surface area contributed by atoms with E-state index in [4.69, 9.17) is 11.6 Å². The van der Waals surface area contributed by atoms with Gasteiger partial charge in [0.1, 0.15) is 5.52 Å². The first-order chi connectivity index (χ1) is 10.0. The highest BCUT2D eigenvalue weighted by molar-refractivity contribution is 6.28. The monoisotopic (exact) mass is 304 g/mol. The number of hydrogen-bond acceptors (Lipinski definition) is 5. The van der Waals surface area contributed by atoms with Gasteiger partial charge in [0.25, 0.3) is 5.56 Å². The van der Waals surface area contributed by atoms with Crippen molar-refractivity contribution >= 4 is 28.6 Å². The number of halogens is 1. The van der Waals surface area contributed by atoms with Crippen LogP contribution in [0.1, 0.15) is 16.8 Å². The third kappa shape index (κ3) is 2.59. The Morgan fingerprint density at radius 2 is 2.14 bits per heavy atom. The number of aryl methyl sites for hydroxylation is 2. The molecule has 0 aromatic carbocycles. The maximum Gasteiger partial charge on any atom is 0.253 e. The van der Waals surface area contributed by atoms with Crippen molar-refractivity contribution in [2.45, 2.75) is 20.4 Å². The molecule has 3 aromatic heterocycles. The molecule has 21 heavy (non-hydrogen) atoms. The Hall–Kier alpha value is -2.41. The van der Waals surface area contributed by atoms with Crippen LogP contribution in [0.2, 0.25) is 5.28 Å². The number of nitrogens with one attached hydrogen (secondary N) is 3. The van der Waals surface area contributed by atoms with E-state index >= 15 is 0 Å². The predicted molar refractivity (Wildman–Crippen MR) is 80.6 cm³/mol. The molecule has 3 N–H and O–H groups in total. The van der Waals surface area contributed by atoms with Gasteiger partial charge in [0.15, 0.2) is 11.5 Å². The maximum atomic E-state index is 12.0. The molecule has 3 heterocycles. The van der Waals surface area contributed by atoms with Gasteiger partial charge in [0.2, 0.25) is 5.28 Å². The van der Waals surface area contributed by atoms with Crippen LogP contribution in [0.3, 0.4) is 0 Å². The van der Waals surface area contributed by atoms with E-state index in [0.717, 1.165) is 11.3 Å². The lowest BCUT2D eigenvalue weighted by Gasteiger charge is -2.09. The fourth-order valence-corrected chi connectivity index (χ4v) is 2.37. The van der Waals surface area contributed by atoms with E-state index in [1.54, 1.807) is 0 Å². The summed E-state index contributed by atoms with van der Waals surface area (Å²) in [5.74, 6) is 0.491. The van der Waals surface area contributed by atoms with Gasteiger partial charge < -0.3 is 15.3 Å². The van der Waals surface area contributed by atoms with Gasteiger partial charge in [-0.05, 0) is 37.1 Å². The molecule has 0 atom stereocenters. The van der Waals surface area contributed by atoms with Crippen LogP contribution in [0.25, 0.3) is 11.2 Å². The summed E-state index contributed by atoms with van der Waals surface area (Å²) < 4.78 is 0. The molecule has 0 bridgehead atoms. The lowest BCUT2D eigenvalue weighted by Crippen LogP contribution is -2.19. The van der Waals surface area contributed by atoms with E-state index in [2.05, 4.69) is 30.2 Å². The topological polar surface area (TPSA) is 99.3 Å². The Morgan fingerprint density at radius 3 is 2.90 bits per heavy atom. The molecule has 0 radical (unpaired) electrons. The summed E-state index contributed by atoms with van der Waals surface area (Å²) in [5, 5.41) is 3.21. The summed E-state index contributed by atoms with van der Waals surface area (Å²) in [4.78, 5) is 29.9. The van der Waals surface area contributed by atoms with Crippen molar-refractivity contribution in [2.24, 2.45) is 0 Å². The zero-order chi connectivity index (χ0) is 15.0.